The van der Waals surface area contributed by atoms with Crippen LogP contribution in [0.3, 0.4) is 0 Å². The van der Waals surface area contributed by atoms with Crippen molar-refractivity contribution in [1.82, 2.24) is 9.97 Å². The Balaban J connectivity index is 1.40. The molecular weight excluding hydrogens is 400 g/mol. The third-order valence-electron chi connectivity index (χ3n) is 3.82. The number of thiophene rings is 1. The van der Waals surface area contributed by atoms with Crippen molar-refractivity contribution in [3.05, 3.63) is 82.4 Å². The van der Waals surface area contributed by atoms with Crippen molar-refractivity contribution in [3.63, 3.8) is 0 Å². The van der Waals surface area contributed by atoms with Gasteiger partial charge in [0.2, 0.25) is 5.95 Å². The summed E-state index contributed by atoms with van der Waals surface area (Å²) in [4.78, 5) is 21.1. The topological polar surface area (TPSA) is 77.3 Å². The van der Waals surface area contributed by atoms with Crippen LogP contribution in [0.25, 0.3) is 11.5 Å². The van der Waals surface area contributed by atoms with Gasteiger partial charge in [-0.1, -0.05) is 0 Å². The minimum atomic E-state index is -0.785. The van der Waals surface area contributed by atoms with E-state index in [1.54, 1.807) is 29.6 Å². The molecule has 1 aromatic carbocycles. The van der Waals surface area contributed by atoms with Gasteiger partial charge in [0.25, 0.3) is 5.91 Å². The fourth-order valence-electron chi connectivity index (χ4n) is 2.47. The lowest BCUT2D eigenvalue weighted by atomic mass is 10.3. The second kappa shape index (κ2) is 8.19. The molecule has 1 N–H and O–H groups in total. The third-order valence-corrected chi connectivity index (χ3v) is 4.80. The molecule has 0 bridgehead atoms. The highest BCUT2D eigenvalue weighted by atomic mass is 32.1. The number of anilines is 1. The van der Waals surface area contributed by atoms with Crippen molar-refractivity contribution >= 4 is 23.2 Å². The quantitative estimate of drug-likeness (QED) is 0.486. The van der Waals surface area contributed by atoms with Gasteiger partial charge in [0.05, 0.1) is 11.1 Å². The molecule has 4 rings (SSSR count). The van der Waals surface area contributed by atoms with E-state index in [0.717, 1.165) is 12.1 Å². The minimum absolute atomic E-state index is 0.0385. The molecule has 0 fully saturated rings. The van der Waals surface area contributed by atoms with Crippen LogP contribution in [0, 0.1) is 11.6 Å². The van der Waals surface area contributed by atoms with E-state index in [4.69, 9.17) is 9.15 Å². The SMILES string of the molecule is O=C(Nc1nccc(-c2ccco2)n1)c1cc(COc2ccc(F)cc2F)cs1. The van der Waals surface area contributed by atoms with Crippen LogP contribution in [0.15, 0.2) is 64.7 Å². The normalized spacial score (nSPS) is 10.7. The predicted molar refractivity (Wildman–Crippen MR) is 103 cm³/mol. The van der Waals surface area contributed by atoms with E-state index in [9.17, 15) is 13.6 Å². The van der Waals surface area contributed by atoms with Gasteiger partial charge in [-0.15, -0.1) is 11.3 Å². The summed E-state index contributed by atoms with van der Waals surface area (Å²) < 4.78 is 37.2. The fraction of sp³-hybridized carbons (Fsp3) is 0.0500. The van der Waals surface area contributed by atoms with Crippen LogP contribution in [-0.2, 0) is 6.61 Å². The zero-order valence-electron chi connectivity index (χ0n) is 14.8. The minimum Gasteiger partial charge on any atom is -0.486 e. The lowest BCUT2D eigenvalue weighted by Crippen LogP contribution is -2.13. The third kappa shape index (κ3) is 4.46. The molecule has 0 radical (unpaired) electrons. The maximum atomic E-state index is 13.6. The predicted octanol–water partition coefficient (Wildman–Crippen LogP) is 4.91. The summed E-state index contributed by atoms with van der Waals surface area (Å²) in [6.07, 6.45) is 3.05. The van der Waals surface area contributed by atoms with E-state index in [1.807, 2.05) is 0 Å². The largest absolute Gasteiger partial charge is 0.486 e. The Morgan fingerprint density at radius 1 is 1.21 bits per heavy atom. The second-order valence-electron chi connectivity index (χ2n) is 5.88. The van der Waals surface area contributed by atoms with Gasteiger partial charge in [0.15, 0.2) is 17.3 Å². The fourth-order valence-corrected chi connectivity index (χ4v) is 3.26. The number of ether oxygens (including phenoxy) is 1. The Hall–Kier alpha value is -3.59. The molecule has 3 aromatic heterocycles. The molecule has 0 aliphatic carbocycles. The Kier molecular flexibility index (Phi) is 5.30. The highest BCUT2D eigenvalue weighted by Crippen LogP contribution is 2.22. The van der Waals surface area contributed by atoms with E-state index < -0.39 is 11.6 Å². The van der Waals surface area contributed by atoms with Gasteiger partial charge in [0.1, 0.15) is 18.1 Å². The highest BCUT2D eigenvalue weighted by Gasteiger charge is 2.13. The standard InChI is InChI=1S/C20H13F2N3O3S/c21-13-3-4-16(14(22)9-13)28-10-12-8-18(29-11-12)19(26)25-20-23-6-5-15(24-20)17-2-1-7-27-17/h1-9,11H,10H2,(H,23,24,25,26). The molecule has 6 nitrogen and oxygen atoms in total. The molecule has 0 unspecified atom stereocenters. The highest BCUT2D eigenvalue weighted by molar-refractivity contribution is 7.12. The van der Waals surface area contributed by atoms with Crippen molar-refractivity contribution < 1.29 is 22.7 Å². The molecule has 0 spiro atoms. The summed E-state index contributed by atoms with van der Waals surface area (Å²) in [5.41, 5.74) is 1.22. The summed E-state index contributed by atoms with van der Waals surface area (Å²) in [6.45, 7) is 0.0385. The van der Waals surface area contributed by atoms with E-state index in [-0.39, 0.29) is 24.2 Å². The van der Waals surface area contributed by atoms with Crippen molar-refractivity contribution in [2.75, 3.05) is 5.32 Å². The van der Waals surface area contributed by atoms with Crippen molar-refractivity contribution in [2.45, 2.75) is 6.61 Å². The summed E-state index contributed by atoms with van der Waals surface area (Å²) in [7, 11) is 0. The summed E-state index contributed by atoms with van der Waals surface area (Å²) >= 11 is 1.20. The van der Waals surface area contributed by atoms with Gasteiger partial charge in [-0.05, 0) is 41.8 Å². The number of aromatic nitrogens is 2. The number of nitrogens with one attached hydrogen (secondary N) is 1. The summed E-state index contributed by atoms with van der Waals surface area (Å²) in [6, 6.07) is 9.86. The van der Waals surface area contributed by atoms with Gasteiger partial charge < -0.3 is 9.15 Å². The van der Waals surface area contributed by atoms with E-state index in [0.29, 0.717) is 21.9 Å². The van der Waals surface area contributed by atoms with Crippen LogP contribution in [0.2, 0.25) is 0 Å². The molecule has 0 aliphatic heterocycles. The molecule has 0 aliphatic rings. The molecule has 29 heavy (non-hydrogen) atoms. The van der Waals surface area contributed by atoms with Gasteiger partial charge in [-0.25, -0.2) is 18.7 Å². The van der Waals surface area contributed by atoms with Crippen LogP contribution >= 0.6 is 11.3 Å². The number of hydrogen-bond acceptors (Lipinski definition) is 6. The van der Waals surface area contributed by atoms with E-state index in [2.05, 4.69) is 15.3 Å². The zero-order valence-corrected chi connectivity index (χ0v) is 15.6. The first-order valence-corrected chi connectivity index (χ1v) is 9.30. The number of amides is 1. The average molecular weight is 413 g/mol. The van der Waals surface area contributed by atoms with E-state index >= 15 is 0 Å². The number of carbonyl (C=O) groups is 1. The first kappa shape index (κ1) is 18.8. The number of nitrogens with zero attached hydrogens (tertiary/aromatic N) is 2. The molecule has 3 heterocycles. The lowest BCUT2D eigenvalue weighted by molar-refractivity contribution is 0.102. The molecule has 9 heteroatoms. The van der Waals surface area contributed by atoms with E-state index in [1.165, 1.54) is 29.9 Å². The average Bonchev–Trinajstić information content (AvgIpc) is 3.40. The monoisotopic (exact) mass is 413 g/mol. The number of halogens is 2. The van der Waals surface area contributed by atoms with Crippen molar-refractivity contribution in [3.8, 4) is 17.2 Å². The molecule has 4 aromatic rings. The molecule has 0 saturated heterocycles. The smallest absolute Gasteiger partial charge is 0.268 e. The van der Waals surface area contributed by atoms with Crippen LogP contribution in [-0.4, -0.2) is 15.9 Å². The maximum Gasteiger partial charge on any atom is 0.268 e. The molecule has 0 saturated carbocycles. The Morgan fingerprint density at radius 2 is 2.10 bits per heavy atom. The van der Waals surface area contributed by atoms with Gasteiger partial charge >= 0.3 is 0 Å². The number of benzene rings is 1. The van der Waals surface area contributed by atoms with Gasteiger partial charge in [0, 0.05) is 17.8 Å². The maximum absolute atomic E-state index is 13.6. The molecule has 0 atom stereocenters. The number of rotatable bonds is 6. The van der Waals surface area contributed by atoms with Crippen LogP contribution in [0.1, 0.15) is 15.2 Å². The second-order valence-corrected chi connectivity index (χ2v) is 6.79. The Morgan fingerprint density at radius 3 is 2.90 bits per heavy atom. The first-order valence-electron chi connectivity index (χ1n) is 8.42. The lowest BCUT2D eigenvalue weighted by Gasteiger charge is -2.05. The van der Waals surface area contributed by atoms with Crippen molar-refractivity contribution in [2.24, 2.45) is 0 Å². The first-order chi connectivity index (χ1) is 14.1. The summed E-state index contributed by atoms with van der Waals surface area (Å²) in [5.74, 6) is -1.21. The zero-order chi connectivity index (χ0) is 20.2. The molecule has 146 valence electrons. The van der Waals surface area contributed by atoms with Gasteiger partial charge in [-0.3, -0.25) is 10.1 Å². The van der Waals surface area contributed by atoms with Crippen LogP contribution in [0.5, 0.6) is 5.75 Å². The Bertz CT molecular complexity index is 1150. The van der Waals surface area contributed by atoms with Crippen LogP contribution in [0.4, 0.5) is 14.7 Å². The summed E-state index contributed by atoms with van der Waals surface area (Å²) in [5, 5.41) is 4.35. The number of carbonyl (C=O) groups excluding carboxylic acids is 1. The van der Waals surface area contributed by atoms with Gasteiger partial charge in [-0.2, -0.15) is 0 Å². The molecule has 1 amide bonds. The number of furan rings is 1. The Labute approximate surface area is 167 Å². The van der Waals surface area contributed by atoms with Crippen LogP contribution < -0.4 is 10.1 Å². The van der Waals surface area contributed by atoms with Crippen molar-refractivity contribution in [1.29, 1.82) is 0 Å². The molecular formula is C20H13F2N3O3S. The number of hydrogen-bond donors (Lipinski definition) is 1.